The van der Waals surface area contributed by atoms with E-state index in [1.807, 2.05) is 26.0 Å². The van der Waals surface area contributed by atoms with E-state index in [-0.39, 0.29) is 6.10 Å². The molecule has 1 N–H and O–H groups in total. The van der Waals surface area contributed by atoms with Crippen LogP contribution < -0.4 is 4.74 Å². The maximum atomic E-state index is 9.90. The van der Waals surface area contributed by atoms with E-state index in [2.05, 4.69) is 60.6 Å². The summed E-state index contributed by atoms with van der Waals surface area (Å²) in [5.41, 5.74) is 4.16. The van der Waals surface area contributed by atoms with Crippen LogP contribution >= 0.6 is 11.8 Å². The summed E-state index contributed by atoms with van der Waals surface area (Å²) in [5.74, 6) is 2.27. The first kappa shape index (κ1) is 24.4. The van der Waals surface area contributed by atoms with Crippen molar-refractivity contribution in [3.63, 3.8) is 0 Å². The van der Waals surface area contributed by atoms with Crippen molar-refractivity contribution in [3.8, 4) is 11.5 Å². The van der Waals surface area contributed by atoms with E-state index in [1.54, 1.807) is 11.8 Å². The van der Waals surface area contributed by atoms with E-state index in [0.29, 0.717) is 5.75 Å². The van der Waals surface area contributed by atoms with Crippen LogP contribution in [0.3, 0.4) is 0 Å². The first-order chi connectivity index (χ1) is 13.1. The number of hydrogen-bond acceptors (Lipinski definition) is 3. The molecule has 156 valence electrons. The van der Waals surface area contributed by atoms with Crippen molar-refractivity contribution in [2.24, 2.45) is 5.92 Å². The molecule has 0 bridgehead atoms. The normalized spacial score (nSPS) is 11.8. The number of ether oxygens (including phenoxy) is 1. The highest BCUT2D eigenvalue weighted by Gasteiger charge is 2.11. The molecule has 0 spiro atoms. The number of aryl methyl sites for hydroxylation is 4. The molecule has 1 atom stereocenters. The lowest BCUT2D eigenvalue weighted by Gasteiger charge is -2.18. The SMILES string of the molecule is CCC(C)C.CCC(C)Oc1c(C)cc(Sc2cc(C)c(O)c(C)c2)cc1C. The molecule has 1 unspecified atom stereocenters. The van der Waals surface area contributed by atoms with Crippen LogP contribution in [0.15, 0.2) is 34.1 Å². The minimum absolute atomic E-state index is 0.230. The van der Waals surface area contributed by atoms with Crippen LogP contribution in [0.5, 0.6) is 11.5 Å². The highest BCUT2D eigenvalue weighted by Crippen LogP contribution is 2.36. The molecule has 3 heteroatoms. The molecule has 2 nitrogen and oxygen atoms in total. The molecule has 0 aliphatic rings. The zero-order valence-electron chi connectivity index (χ0n) is 19.1. The largest absolute Gasteiger partial charge is 0.507 e. The highest BCUT2D eigenvalue weighted by atomic mass is 32.2. The van der Waals surface area contributed by atoms with Crippen LogP contribution in [0.2, 0.25) is 0 Å². The van der Waals surface area contributed by atoms with Gasteiger partial charge < -0.3 is 9.84 Å². The molecule has 0 aliphatic heterocycles. The summed E-state index contributed by atoms with van der Waals surface area (Å²) in [6.45, 7) is 18.9. The topological polar surface area (TPSA) is 29.5 Å². The number of hydrogen-bond donors (Lipinski definition) is 1. The van der Waals surface area contributed by atoms with Crippen LogP contribution in [-0.2, 0) is 0 Å². The van der Waals surface area contributed by atoms with E-state index < -0.39 is 0 Å². The van der Waals surface area contributed by atoms with Gasteiger partial charge in [0.05, 0.1) is 6.10 Å². The number of benzene rings is 2. The van der Waals surface area contributed by atoms with E-state index in [1.165, 1.54) is 22.4 Å². The molecule has 0 saturated carbocycles. The maximum absolute atomic E-state index is 9.90. The first-order valence-electron chi connectivity index (χ1n) is 10.3. The predicted molar refractivity (Wildman–Crippen MR) is 123 cm³/mol. The van der Waals surface area contributed by atoms with Crippen LogP contribution in [0.4, 0.5) is 0 Å². The molecule has 0 aliphatic carbocycles. The smallest absolute Gasteiger partial charge is 0.125 e. The number of phenols is 1. The molecular weight excluding hydrogens is 364 g/mol. The molecule has 0 radical (unpaired) electrons. The Balaban J connectivity index is 0.000000696. The fourth-order valence-corrected chi connectivity index (χ4v) is 3.77. The second kappa shape index (κ2) is 11.4. The average Bonchev–Trinajstić information content (AvgIpc) is 2.62. The Hall–Kier alpha value is -1.61. The van der Waals surface area contributed by atoms with Crippen molar-refractivity contribution in [2.45, 2.75) is 91.1 Å². The van der Waals surface area contributed by atoms with Gasteiger partial charge in [-0.15, -0.1) is 0 Å². The van der Waals surface area contributed by atoms with Gasteiger partial charge in [-0.05, 0) is 93.5 Å². The van der Waals surface area contributed by atoms with Crippen molar-refractivity contribution in [3.05, 3.63) is 46.5 Å². The molecule has 0 fully saturated rings. The standard InChI is InChI=1S/C20H26O2S.C5H12/c1-7-16(6)22-20-14(4)10-18(11-15(20)5)23-17-8-12(2)19(21)13(3)9-17;1-4-5(2)3/h8-11,16,21H,7H2,1-6H3;5H,4H2,1-3H3. The molecule has 2 aromatic rings. The first-order valence-corrected chi connectivity index (χ1v) is 11.2. The Labute approximate surface area is 176 Å². The third-order valence-corrected chi connectivity index (χ3v) is 5.79. The van der Waals surface area contributed by atoms with Crippen molar-refractivity contribution in [2.75, 3.05) is 0 Å². The Kier molecular flexibility index (Phi) is 9.95. The lowest BCUT2D eigenvalue weighted by Crippen LogP contribution is -2.11. The second-order valence-corrected chi connectivity index (χ2v) is 9.18. The second-order valence-electron chi connectivity index (χ2n) is 8.03. The van der Waals surface area contributed by atoms with Gasteiger partial charge >= 0.3 is 0 Å². The van der Waals surface area contributed by atoms with Gasteiger partial charge in [0.15, 0.2) is 0 Å². The average molecular weight is 403 g/mol. The summed E-state index contributed by atoms with van der Waals surface area (Å²) < 4.78 is 6.04. The van der Waals surface area contributed by atoms with E-state index in [9.17, 15) is 5.11 Å². The Bertz CT molecular complexity index is 719. The van der Waals surface area contributed by atoms with Gasteiger partial charge in [0.1, 0.15) is 11.5 Å². The van der Waals surface area contributed by atoms with Crippen molar-refractivity contribution in [1.82, 2.24) is 0 Å². The fourth-order valence-electron chi connectivity index (χ4n) is 2.55. The monoisotopic (exact) mass is 402 g/mol. The van der Waals surface area contributed by atoms with E-state index in [0.717, 1.165) is 34.1 Å². The lowest BCUT2D eigenvalue weighted by molar-refractivity contribution is 0.214. The van der Waals surface area contributed by atoms with Gasteiger partial charge in [-0.2, -0.15) is 0 Å². The Morgan fingerprint density at radius 1 is 0.786 bits per heavy atom. The van der Waals surface area contributed by atoms with Crippen LogP contribution in [0, 0.1) is 33.6 Å². The lowest BCUT2D eigenvalue weighted by atomic mass is 10.1. The molecule has 2 rings (SSSR count). The van der Waals surface area contributed by atoms with Gasteiger partial charge in [-0.1, -0.05) is 45.9 Å². The zero-order valence-corrected chi connectivity index (χ0v) is 20.0. The van der Waals surface area contributed by atoms with Crippen LogP contribution in [-0.4, -0.2) is 11.2 Å². The molecule has 0 amide bonds. The van der Waals surface area contributed by atoms with Gasteiger partial charge in [0.25, 0.3) is 0 Å². The number of phenolic OH excluding ortho intramolecular Hbond substituents is 1. The summed E-state index contributed by atoms with van der Waals surface area (Å²) >= 11 is 1.72. The third-order valence-electron chi connectivity index (χ3n) is 4.84. The number of aromatic hydroxyl groups is 1. The van der Waals surface area contributed by atoms with Crippen molar-refractivity contribution in [1.29, 1.82) is 0 Å². The Morgan fingerprint density at radius 3 is 1.54 bits per heavy atom. The third kappa shape index (κ3) is 7.43. The van der Waals surface area contributed by atoms with Gasteiger partial charge in [-0.25, -0.2) is 0 Å². The highest BCUT2D eigenvalue weighted by molar-refractivity contribution is 7.99. The summed E-state index contributed by atoms with van der Waals surface area (Å²) in [6, 6.07) is 8.41. The molecule has 0 saturated heterocycles. The van der Waals surface area contributed by atoms with Crippen molar-refractivity contribution >= 4 is 11.8 Å². The minimum atomic E-state index is 0.230. The quantitative estimate of drug-likeness (QED) is 0.530. The van der Waals surface area contributed by atoms with Crippen molar-refractivity contribution < 1.29 is 9.84 Å². The summed E-state index contributed by atoms with van der Waals surface area (Å²) in [5, 5.41) is 9.90. The Morgan fingerprint density at radius 2 is 1.18 bits per heavy atom. The molecule has 28 heavy (non-hydrogen) atoms. The minimum Gasteiger partial charge on any atom is -0.507 e. The van der Waals surface area contributed by atoms with Crippen LogP contribution in [0.1, 0.15) is 69.7 Å². The molecular formula is C25H38O2S. The molecule has 2 aromatic carbocycles. The molecule has 0 heterocycles. The van der Waals surface area contributed by atoms with Gasteiger partial charge in [-0.3, -0.25) is 0 Å². The number of rotatable bonds is 6. The summed E-state index contributed by atoms with van der Waals surface area (Å²) in [6.07, 6.45) is 2.54. The maximum Gasteiger partial charge on any atom is 0.125 e. The van der Waals surface area contributed by atoms with Gasteiger partial charge in [0.2, 0.25) is 0 Å². The van der Waals surface area contributed by atoms with E-state index >= 15 is 0 Å². The summed E-state index contributed by atoms with van der Waals surface area (Å²) in [7, 11) is 0. The van der Waals surface area contributed by atoms with Crippen LogP contribution in [0.25, 0.3) is 0 Å². The summed E-state index contributed by atoms with van der Waals surface area (Å²) in [4.78, 5) is 2.34. The zero-order chi connectivity index (χ0) is 21.4. The predicted octanol–water partition coefficient (Wildman–Crippen LogP) is 8.01. The van der Waals surface area contributed by atoms with Gasteiger partial charge in [0, 0.05) is 9.79 Å². The molecule has 0 aromatic heterocycles. The fraction of sp³-hybridized carbons (Fsp3) is 0.520. The van der Waals surface area contributed by atoms with E-state index in [4.69, 9.17) is 4.74 Å².